The maximum atomic E-state index is 14.1. The summed E-state index contributed by atoms with van der Waals surface area (Å²) >= 11 is 2.59. The van der Waals surface area contributed by atoms with Gasteiger partial charge in [0.25, 0.3) is 0 Å². The molecule has 4 rings (SSSR count). The van der Waals surface area contributed by atoms with Gasteiger partial charge in [0, 0.05) is 29.4 Å². The molecule has 0 N–H and O–H groups in total. The van der Waals surface area contributed by atoms with Crippen LogP contribution in [0.5, 0.6) is 0 Å². The Kier molecular flexibility index (Phi) is 7.95. The van der Waals surface area contributed by atoms with E-state index in [2.05, 4.69) is 0 Å². The van der Waals surface area contributed by atoms with Crippen LogP contribution in [0.1, 0.15) is 35.2 Å². The lowest BCUT2D eigenvalue weighted by atomic mass is 9.62. The maximum absolute atomic E-state index is 14.1. The number of halogens is 2. The predicted octanol–water partition coefficient (Wildman–Crippen LogP) is 4.85. The molecule has 37 heavy (non-hydrogen) atoms. The van der Waals surface area contributed by atoms with Gasteiger partial charge in [0.15, 0.2) is 22.8 Å². The van der Waals surface area contributed by atoms with Crippen molar-refractivity contribution in [2.75, 3.05) is 18.1 Å². The van der Waals surface area contributed by atoms with E-state index in [1.165, 1.54) is 42.6 Å². The smallest absolute Gasteiger partial charge is 0.328 e. The Balaban J connectivity index is 2.04. The van der Waals surface area contributed by atoms with Gasteiger partial charge in [-0.15, -0.1) is 23.5 Å². The Morgan fingerprint density at radius 1 is 1.03 bits per heavy atom. The van der Waals surface area contributed by atoms with E-state index in [1.807, 2.05) is 6.07 Å². The number of hydrogen-bond acceptors (Lipinski definition) is 8. The first kappa shape index (κ1) is 26.8. The lowest BCUT2D eigenvalue weighted by Crippen LogP contribution is -2.49. The van der Waals surface area contributed by atoms with E-state index in [0.717, 1.165) is 36.4 Å². The Labute approximate surface area is 220 Å². The van der Waals surface area contributed by atoms with E-state index < -0.39 is 58.6 Å². The van der Waals surface area contributed by atoms with Gasteiger partial charge in [-0.1, -0.05) is 12.1 Å². The normalized spacial score (nSPS) is 23.9. The molecule has 0 aromatic heterocycles. The summed E-state index contributed by atoms with van der Waals surface area (Å²) < 4.78 is 33.1. The summed E-state index contributed by atoms with van der Waals surface area (Å²) in [4.78, 5) is 55.3. The van der Waals surface area contributed by atoms with Crippen LogP contribution in [0.2, 0.25) is 0 Å². The van der Waals surface area contributed by atoms with E-state index >= 15 is 0 Å². The minimum absolute atomic E-state index is 0.105. The van der Waals surface area contributed by atoms with Crippen LogP contribution in [-0.4, -0.2) is 41.4 Å². The molecular formula is C27H21F2NO5S2. The number of nitriles is 1. The van der Waals surface area contributed by atoms with Crippen LogP contribution in [0.15, 0.2) is 58.3 Å². The number of rotatable bonds is 5. The van der Waals surface area contributed by atoms with Crippen molar-refractivity contribution in [2.45, 2.75) is 19.3 Å². The Bertz CT molecular complexity index is 1330. The van der Waals surface area contributed by atoms with E-state index in [-0.39, 0.29) is 23.3 Å². The number of esters is 1. The molecule has 6 nitrogen and oxygen atoms in total. The SMILES string of the molecule is CCOC(=O)[C@@]1(C#N)[C@@H](C(=O)c2ccc(F)cc2)C(=O)C(=C2SCCS2)C(=O)C[C@@H]1c1ccc(F)cc1. The molecule has 0 unspecified atom stereocenters. The van der Waals surface area contributed by atoms with Gasteiger partial charge in [-0.05, 0) is 48.9 Å². The van der Waals surface area contributed by atoms with Crippen molar-refractivity contribution in [3.8, 4) is 6.07 Å². The quantitative estimate of drug-likeness (QED) is 0.132. The number of nitrogens with zero attached hydrogens (tertiary/aromatic N) is 1. The molecule has 1 saturated heterocycles. The van der Waals surface area contributed by atoms with Crippen LogP contribution in [0.3, 0.4) is 0 Å². The first-order valence-electron chi connectivity index (χ1n) is 11.5. The van der Waals surface area contributed by atoms with Crippen LogP contribution in [0.25, 0.3) is 0 Å². The minimum Gasteiger partial charge on any atom is -0.465 e. The number of ether oxygens (including phenoxy) is 1. The number of ketones is 3. The molecule has 2 aromatic rings. The average molecular weight is 542 g/mol. The van der Waals surface area contributed by atoms with Crippen molar-refractivity contribution in [3.05, 3.63) is 81.1 Å². The highest BCUT2D eigenvalue weighted by Gasteiger charge is 2.63. The molecule has 3 atom stereocenters. The molecule has 2 fully saturated rings. The van der Waals surface area contributed by atoms with Crippen LogP contribution in [0.4, 0.5) is 8.78 Å². The fourth-order valence-electron chi connectivity index (χ4n) is 4.69. The fraction of sp³-hybridized carbons (Fsp3) is 0.296. The van der Waals surface area contributed by atoms with Gasteiger partial charge in [0.2, 0.25) is 0 Å². The van der Waals surface area contributed by atoms with Gasteiger partial charge < -0.3 is 4.74 Å². The zero-order valence-electron chi connectivity index (χ0n) is 19.7. The Hall–Kier alpha value is -3.29. The number of carbonyl (C=O) groups excluding carboxylic acids is 4. The number of benzene rings is 2. The topological polar surface area (TPSA) is 101 Å². The van der Waals surface area contributed by atoms with Crippen LogP contribution >= 0.6 is 23.5 Å². The summed E-state index contributed by atoms with van der Waals surface area (Å²) in [7, 11) is 0. The zero-order chi connectivity index (χ0) is 26.7. The van der Waals surface area contributed by atoms with E-state index in [1.54, 1.807) is 0 Å². The first-order valence-corrected chi connectivity index (χ1v) is 13.4. The molecule has 1 aliphatic carbocycles. The van der Waals surface area contributed by atoms with Crippen LogP contribution in [-0.2, 0) is 19.1 Å². The maximum Gasteiger partial charge on any atom is 0.328 e. The molecule has 1 saturated carbocycles. The summed E-state index contributed by atoms with van der Waals surface area (Å²) in [5.41, 5.74) is -2.54. The molecule has 2 aromatic carbocycles. The highest BCUT2D eigenvalue weighted by molar-refractivity contribution is 8.25. The van der Waals surface area contributed by atoms with Gasteiger partial charge in [-0.2, -0.15) is 5.26 Å². The van der Waals surface area contributed by atoms with Gasteiger partial charge in [-0.3, -0.25) is 19.2 Å². The standard InChI is InChI=1S/C27H21F2NO5S2/c1-2-35-26(34)27(14-30)19(15-3-7-17(28)8-4-15)13-20(31)21(25-36-11-12-37-25)24(33)22(27)23(32)16-5-9-18(29)10-6-16/h3-10,19,22H,2,11-13H2,1H3/t19-,22+,27-/m1/s1. The second kappa shape index (κ2) is 11.0. The monoisotopic (exact) mass is 541 g/mol. The largest absolute Gasteiger partial charge is 0.465 e. The lowest BCUT2D eigenvalue weighted by molar-refractivity contribution is -0.157. The molecular weight excluding hydrogens is 520 g/mol. The van der Waals surface area contributed by atoms with E-state index in [0.29, 0.717) is 15.7 Å². The van der Waals surface area contributed by atoms with Gasteiger partial charge >= 0.3 is 5.97 Å². The lowest BCUT2D eigenvalue weighted by Gasteiger charge is -2.35. The van der Waals surface area contributed by atoms with Crippen molar-refractivity contribution in [3.63, 3.8) is 0 Å². The molecule has 0 spiro atoms. The second-order valence-corrected chi connectivity index (χ2v) is 10.9. The Morgan fingerprint density at radius 2 is 1.59 bits per heavy atom. The van der Waals surface area contributed by atoms with E-state index in [4.69, 9.17) is 4.74 Å². The Morgan fingerprint density at radius 3 is 2.14 bits per heavy atom. The zero-order valence-corrected chi connectivity index (χ0v) is 21.3. The molecule has 1 aliphatic heterocycles. The fourth-order valence-corrected chi connectivity index (χ4v) is 7.28. The molecule has 190 valence electrons. The summed E-state index contributed by atoms with van der Waals surface area (Å²) in [6.45, 7) is 1.35. The molecule has 0 radical (unpaired) electrons. The van der Waals surface area contributed by atoms with Gasteiger partial charge in [-0.25, -0.2) is 8.78 Å². The van der Waals surface area contributed by atoms with Crippen LogP contribution in [0, 0.1) is 34.3 Å². The summed E-state index contributed by atoms with van der Waals surface area (Å²) in [5.74, 6) is -6.78. The van der Waals surface area contributed by atoms with E-state index in [9.17, 15) is 33.2 Å². The number of allylic oxidation sites excluding steroid dienone is 1. The average Bonchev–Trinajstić information content (AvgIpc) is 3.38. The number of Topliss-reactive ketones (excluding diaryl/α,β-unsaturated/α-hetero) is 3. The number of thioether (sulfide) groups is 2. The van der Waals surface area contributed by atoms with Crippen molar-refractivity contribution < 1.29 is 32.7 Å². The van der Waals surface area contributed by atoms with Crippen molar-refractivity contribution in [1.82, 2.24) is 0 Å². The molecule has 2 aliphatic rings. The number of carbonyl (C=O) groups is 4. The van der Waals surface area contributed by atoms with Crippen molar-refractivity contribution in [2.24, 2.45) is 11.3 Å². The second-order valence-electron chi connectivity index (χ2n) is 8.46. The third-order valence-electron chi connectivity index (χ3n) is 6.40. The van der Waals surface area contributed by atoms with Gasteiger partial charge in [0.05, 0.1) is 22.5 Å². The first-order chi connectivity index (χ1) is 17.7. The predicted molar refractivity (Wildman–Crippen MR) is 135 cm³/mol. The van der Waals surface area contributed by atoms with Crippen molar-refractivity contribution >= 4 is 46.8 Å². The van der Waals surface area contributed by atoms with Gasteiger partial charge in [0.1, 0.15) is 17.6 Å². The molecule has 1 heterocycles. The minimum atomic E-state index is -2.44. The third-order valence-corrected chi connectivity index (χ3v) is 9.11. The summed E-state index contributed by atoms with van der Waals surface area (Å²) in [6, 6.07) is 11.1. The molecule has 10 heteroatoms. The highest BCUT2D eigenvalue weighted by Crippen LogP contribution is 2.52. The number of hydrogen-bond donors (Lipinski definition) is 0. The molecule has 0 amide bonds. The summed E-state index contributed by atoms with van der Waals surface area (Å²) in [5, 5.41) is 10.6. The summed E-state index contributed by atoms with van der Waals surface area (Å²) in [6.07, 6.45) is -0.448. The highest BCUT2D eigenvalue weighted by atomic mass is 32.2. The third kappa shape index (κ3) is 4.86. The van der Waals surface area contributed by atoms with Crippen molar-refractivity contribution in [1.29, 1.82) is 5.26 Å². The molecule has 0 bridgehead atoms. The van der Waals surface area contributed by atoms with Crippen LogP contribution < -0.4 is 0 Å².